The Morgan fingerprint density at radius 2 is 1.83 bits per heavy atom. The lowest BCUT2D eigenvalue weighted by atomic mass is 9.97. The molecule has 0 bridgehead atoms. The first-order chi connectivity index (χ1) is 8.50. The summed E-state index contributed by atoms with van der Waals surface area (Å²) in [6.45, 7) is 1.74. The van der Waals surface area contributed by atoms with E-state index in [0.29, 0.717) is 16.8 Å². The smallest absolute Gasteiger partial charge is 0.195 e. The first-order valence-corrected chi connectivity index (χ1v) is 5.35. The van der Waals surface area contributed by atoms with Gasteiger partial charge in [0.15, 0.2) is 17.4 Å². The van der Waals surface area contributed by atoms with Gasteiger partial charge in [0.1, 0.15) is 0 Å². The number of carbonyl (C=O) groups excluding carboxylic acids is 1. The zero-order valence-electron chi connectivity index (χ0n) is 9.71. The molecule has 0 heterocycles. The molecule has 2 aromatic carbocycles. The molecule has 0 saturated heterocycles. The van der Waals surface area contributed by atoms with Gasteiger partial charge in [-0.25, -0.2) is 8.78 Å². The van der Waals surface area contributed by atoms with Crippen LogP contribution in [-0.2, 0) is 0 Å². The van der Waals surface area contributed by atoms with E-state index in [1.165, 1.54) is 6.07 Å². The normalized spacial score (nSPS) is 10.4. The molecule has 0 atom stereocenters. The van der Waals surface area contributed by atoms with Crippen LogP contribution in [0, 0.1) is 18.6 Å². The highest BCUT2D eigenvalue weighted by molar-refractivity contribution is 6.13. The number of hydrogen-bond acceptors (Lipinski definition) is 2. The maximum atomic E-state index is 13.1. The van der Waals surface area contributed by atoms with Gasteiger partial charge in [-0.05, 0) is 36.8 Å². The summed E-state index contributed by atoms with van der Waals surface area (Å²) < 4.78 is 25.9. The topological polar surface area (TPSA) is 43.1 Å². The van der Waals surface area contributed by atoms with Crippen LogP contribution in [0.1, 0.15) is 21.5 Å². The summed E-state index contributed by atoms with van der Waals surface area (Å²) in [4.78, 5) is 12.2. The monoisotopic (exact) mass is 247 g/mol. The number of anilines is 1. The Morgan fingerprint density at radius 1 is 1.11 bits per heavy atom. The molecule has 2 nitrogen and oxygen atoms in total. The van der Waals surface area contributed by atoms with Gasteiger partial charge in [0.2, 0.25) is 0 Å². The van der Waals surface area contributed by atoms with E-state index in [9.17, 15) is 13.6 Å². The number of carbonyl (C=O) groups is 1. The van der Waals surface area contributed by atoms with Gasteiger partial charge in [-0.15, -0.1) is 0 Å². The predicted molar refractivity (Wildman–Crippen MR) is 65.4 cm³/mol. The molecule has 0 spiro atoms. The second-order valence-electron chi connectivity index (χ2n) is 4.00. The standard InChI is InChI=1S/C14H11F2NO/c1-8-3-2-4-12(17)13(8)14(18)9-5-6-10(15)11(16)7-9/h2-7H,17H2,1H3. The fourth-order valence-electron chi connectivity index (χ4n) is 1.78. The van der Waals surface area contributed by atoms with E-state index in [-0.39, 0.29) is 5.56 Å². The Labute approximate surface area is 103 Å². The average Bonchev–Trinajstić information content (AvgIpc) is 2.32. The minimum absolute atomic E-state index is 0.0786. The van der Waals surface area contributed by atoms with Crippen LogP contribution in [0.4, 0.5) is 14.5 Å². The van der Waals surface area contributed by atoms with Crippen LogP contribution in [-0.4, -0.2) is 5.78 Å². The van der Waals surface area contributed by atoms with Gasteiger partial charge in [-0.3, -0.25) is 4.79 Å². The third-order valence-electron chi connectivity index (χ3n) is 2.71. The van der Waals surface area contributed by atoms with Crippen molar-refractivity contribution in [2.75, 3.05) is 5.73 Å². The molecule has 2 rings (SSSR count). The summed E-state index contributed by atoms with van der Waals surface area (Å²) in [5.41, 5.74) is 7.16. The molecule has 0 aromatic heterocycles. The van der Waals surface area contributed by atoms with E-state index in [2.05, 4.69) is 0 Å². The molecule has 0 radical (unpaired) electrons. The van der Waals surface area contributed by atoms with Crippen molar-refractivity contribution in [2.45, 2.75) is 6.92 Å². The highest BCUT2D eigenvalue weighted by Gasteiger charge is 2.16. The summed E-state index contributed by atoms with van der Waals surface area (Å²) >= 11 is 0. The quantitative estimate of drug-likeness (QED) is 0.654. The van der Waals surface area contributed by atoms with E-state index < -0.39 is 17.4 Å². The number of nitrogens with two attached hydrogens (primary N) is 1. The Bertz CT molecular complexity index is 603. The Balaban J connectivity index is 2.51. The van der Waals surface area contributed by atoms with Crippen molar-refractivity contribution in [1.29, 1.82) is 0 Å². The summed E-state index contributed by atoms with van der Waals surface area (Å²) in [5, 5.41) is 0. The van der Waals surface area contributed by atoms with E-state index in [0.717, 1.165) is 12.1 Å². The Kier molecular flexibility index (Phi) is 3.10. The molecule has 4 heteroatoms. The lowest BCUT2D eigenvalue weighted by Gasteiger charge is -2.08. The highest BCUT2D eigenvalue weighted by Crippen LogP contribution is 2.21. The van der Waals surface area contributed by atoms with Gasteiger partial charge in [0.25, 0.3) is 0 Å². The van der Waals surface area contributed by atoms with Crippen molar-refractivity contribution >= 4 is 11.5 Å². The Hall–Kier alpha value is -2.23. The molecule has 0 saturated carbocycles. The van der Waals surface area contributed by atoms with Crippen molar-refractivity contribution in [2.24, 2.45) is 0 Å². The maximum absolute atomic E-state index is 13.1. The molecule has 18 heavy (non-hydrogen) atoms. The first kappa shape index (κ1) is 12.2. The molecular weight excluding hydrogens is 236 g/mol. The van der Waals surface area contributed by atoms with Crippen LogP contribution in [0.5, 0.6) is 0 Å². The minimum Gasteiger partial charge on any atom is -0.398 e. The summed E-state index contributed by atoms with van der Waals surface area (Å²) in [7, 11) is 0. The molecule has 0 aliphatic heterocycles. The minimum atomic E-state index is -1.05. The molecule has 0 aliphatic carbocycles. The SMILES string of the molecule is Cc1cccc(N)c1C(=O)c1ccc(F)c(F)c1. The third kappa shape index (κ3) is 2.09. The largest absolute Gasteiger partial charge is 0.398 e. The number of benzene rings is 2. The van der Waals surface area contributed by atoms with E-state index in [1.54, 1.807) is 25.1 Å². The molecule has 2 N–H and O–H groups in total. The fraction of sp³-hybridized carbons (Fsp3) is 0.0714. The number of rotatable bonds is 2. The zero-order valence-corrected chi connectivity index (χ0v) is 9.71. The maximum Gasteiger partial charge on any atom is 0.195 e. The zero-order chi connectivity index (χ0) is 13.3. The second kappa shape index (κ2) is 4.56. The third-order valence-corrected chi connectivity index (χ3v) is 2.71. The predicted octanol–water partition coefficient (Wildman–Crippen LogP) is 3.09. The lowest BCUT2D eigenvalue weighted by Crippen LogP contribution is -2.08. The van der Waals surface area contributed by atoms with E-state index in [4.69, 9.17) is 5.73 Å². The summed E-state index contributed by atoms with van der Waals surface area (Å²) in [6.07, 6.45) is 0. The number of hydrogen-bond donors (Lipinski definition) is 1. The van der Waals surface area contributed by atoms with Crippen molar-refractivity contribution in [1.82, 2.24) is 0 Å². The van der Waals surface area contributed by atoms with Crippen molar-refractivity contribution in [3.05, 3.63) is 64.7 Å². The Morgan fingerprint density at radius 3 is 2.44 bits per heavy atom. The molecule has 0 aliphatic rings. The number of aryl methyl sites for hydroxylation is 1. The fourth-order valence-corrected chi connectivity index (χ4v) is 1.78. The van der Waals surface area contributed by atoms with Gasteiger partial charge in [-0.1, -0.05) is 12.1 Å². The van der Waals surface area contributed by atoms with Crippen molar-refractivity contribution in [3.8, 4) is 0 Å². The van der Waals surface area contributed by atoms with Crippen molar-refractivity contribution < 1.29 is 13.6 Å². The second-order valence-corrected chi connectivity index (χ2v) is 4.00. The first-order valence-electron chi connectivity index (χ1n) is 5.35. The van der Waals surface area contributed by atoms with Gasteiger partial charge in [0.05, 0.1) is 0 Å². The van der Waals surface area contributed by atoms with Crippen LogP contribution >= 0.6 is 0 Å². The van der Waals surface area contributed by atoms with Gasteiger partial charge >= 0.3 is 0 Å². The number of ketones is 1. The van der Waals surface area contributed by atoms with Crippen LogP contribution in [0.25, 0.3) is 0 Å². The number of halogens is 2. The average molecular weight is 247 g/mol. The van der Waals surface area contributed by atoms with Crippen LogP contribution < -0.4 is 5.73 Å². The van der Waals surface area contributed by atoms with Crippen molar-refractivity contribution in [3.63, 3.8) is 0 Å². The molecule has 0 fully saturated rings. The lowest BCUT2D eigenvalue weighted by molar-refractivity contribution is 0.103. The van der Waals surface area contributed by atoms with E-state index in [1.807, 2.05) is 0 Å². The molecule has 0 unspecified atom stereocenters. The highest BCUT2D eigenvalue weighted by atomic mass is 19.2. The summed E-state index contributed by atoms with van der Waals surface area (Å²) in [5.74, 6) is -2.44. The molecular formula is C14H11F2NO. The van der Waals surface area contributed by atoms with Crippen LogP contribution in [0.15, 0.2) is 36.4 Å². The molecule has 2 aromatic rings. The van der Waals surface area contributed by atoms with Crippen LogP contribution in [0.3, 0.4) is 0 Å². The van der Waals surface area contributed by atoms with Gasteiger partial charge < -0.3 is 5.73 Å². The van der Waals surface area contributed by atoms with Gasteiger partial charge in [-0.2, -0.15) is 0 Å². The molecule has 0 amide bonds. The van der Waals surface area contributed by atoms with E-state index >= 15 is 0 Å². The summed E-state index contributed by atoms with van der Waals surface area (Å²) in [6, 6.07) is 8.11. The number of nitrogen functional groups attached to an aromatic ring is 1. The van der Waals surface area contributed by atoms with Gasteiger partial charge in [0, 0.05) is 16.8 Å². The molecule has 92 valence electrons. The van der Waals surface area contributed by atoms with Crippen LogP contribution in [0.2, 0.25) is 0 Å².